The highest BCUT2D eigenvalue weighted by molar-refractivity contribution is 6.81. The summed E-state index contributed by atoms with van der Waals surface area (Å²) in [4.78, 5) is 0. The zero-order valence-electron chi connectivity index (χ0n) is 15.5. The summed E-state index contributed by atoms with van der Waals surface area (Å²) in [6, 6.07) is 3.62. The lowest BCUT2D eigenvalue weighted by molar-refractivity contribution is -0.118. The highest BCUT2D eigenvalue weighted by Crippen LogP contribution is 2.39. The molecule has 0 radical (unpaired) electrons. The smallest absolute Gasteiger partial charge is 0.220 e. The van der Waals surface area contributed by atoms with E-state index >= 15 is 0 Å². The van der Waals surface area contributed by atoms with Crippen LogP contribution in [-0.4, -0.2) is 39.5 Å². The van der Waals surface area contributed by atoms with Gasteiger partial charge in [-0.1, -0.05) is 22.9 Å². The standard InChI is InChI=1S/C17H34O3Si3/c1-6-15(2)21-19-17(4)10-9-13-23(5,20-17)16(3)14-22-12-8-7-11-18-22/h6,22H,3,7-14,21H2,1-2,4-5H3. The van der Waals surface area contributed by atoms with E-state index in [1.807, 2.05) is 0 Å². The van der Waals surface area contributed by atoms with Gasteiger partial charge in [0.1, 0.15) is 5.79 Å². The molecule has 2 saturated heterocycles. The molecule has 6 heteroatoms. The van der Waals surface area contributed by atoms with Crippen molar-refractivity contribution >= 4 is 27.1 Å². The van der Waals surface area contributed by atoms with Crippen LogP contribution in [0.25, 0.3) is 0 Å². The Kier molecular flexibility index (Phi) is 7.06. The summed E-state index contributed by atoms with van der Waals surface area (Å²) in [5.41, 5.74) is 0. The predicted octanol–water partition coefficient (Wildman–Crippen LogP) is 3.74. The van der Waals surface area contributed by atoms with Crippen LogP contribution >= 0.6 is 0 Å². The first-order chi connectivity index (χ1) is 10.9. The van der Waals surface area contributed by atoms with Crippen LogP contribution < -0.4 is 0 Å². The van der Waals surface area contributed by atoms with Crippen molar-refractivity contribution in [2.45, 2.75) is 76.9 Å². The van der Waals surface area contributed by atoms with Gasteiger partial charge < -0.3 is 13.3 Å². The van der Waals surface area contributed by atoms with Crippen LogP contribution in [0.15, 0.2) is 23.0 Å². The Labute approximate surface area is 147 Å². The second-order valence-electron chi connectivity index (χ2n) is 7.54. The minimum absolute atomic E-state index is 0.381. The molecule has 132 valence electrons. The van der Waals surface area contributed by atoms with Crippen LogP contribution in [0.4, 0.5) is 0 Å². The van der Waals surface area contributed by atoms with Crippen molar-refractivity contribution in [1.82, 2.24) is 0 Å². The van der Waals surface area contributed by atoms with Gasteiger partial charge in [-0.05, 0) is 64.7 Å². The van der Waals surface area contributed by atoms with E-state index in [0.29, 0.717) is 0 Å². The third kappa shape index (κ3) is 5.51. The van der Waals surface area contributed by atoms with E-state index in [1.54, 1.807) is 0 Å². The summed E-state index contributed by atoms with van der Waals surface area (Å²) >= 11 is 0. The highest BCUT2D eigenvalue weighted by Gasteiger charge is 2.45. The summed E-state index contributed by atoms with van der Waals surface area (Å²) in [6.07, 6.45) is 6.97. The monoisotopic (exact) mass is 370 g/mol. The van der Waals surface area contributed by atoms with Gasteiger partial charge in [0.15, 0.2) is 18.8 Å². The first-order valence-electron chi connectivity index (χ1n) is 9.13. The molecule has 2 heterocycles. The molecule has 0 saturated carbocycles. The van der Waals surface area contributed by atoms with Crippen molar-refractivity contribution < 1.29 is 13.3 Å². The Bertz CT molecular complexity index is 448. The normalized spacial score (nSPS) is 36.5. The van der Waals surface area contributed by atoms with E-state index in [-0.39, 0.29) is 5.79 Å². The van der Waals surface area contributed by atoms with Crippen molar-refractivity contribution in [3.63, 3.8) is 0 Å². The Morgan fingerprint density at radius 2 is 2.22 bits per heavy atom. The molecule has 0 amide bonds. The van der Waals surface area contributed by atoms with Crippen LogP contribution in [0.5, 0.6) is 0 Å². The van der Waals surface area contributed by atoms with Gasteiger partial charge in [0.05, 0.1) is 0 Å². The topological polar surface area (TPSA) is 27.7 Å². The van der Waals surface area contributed by atoms with Crippen molar-refractivity contribution in [2.24, 2.45) is 0 Å². The van der Waals surface area contributed by atoms with Gasteiger partial charge >= 0.3 is 0 Å². The molecule has 2 aliphatic rings. The summed E-state index contributed by atoms with van der Waals surface area (Å²) < 4.78 is 19.0. The maximum atomic E-state index is 6.65. The number of allylic oxidation sites excluding steroid dienone is 3. The Morgan fingerprint density at radius 1 is 1.43 bits per heavy atom. The molecule has 2 rings (SSSR count). The first-order valence-corrected chi connectivity index (χ1v) is 15.1. The SMILES string of the molecule is C=C(C[SiH]1CCCCO1)[Si]1(C)CCCC(C)(O[SiH2]C(C)=CC)O1. The fourth-order valence-electron chi connectivity index (χ4n) is 3.48. The lowest BCUT2D eigenvalue weighted by Gasteiger charge is -2.45. The van der Waals surface area contributed by atoms with Crippen molar-refractivity contribution in [3.8, 4) is 0 Å². The van der Waals surface area contributed by atoms with Gasteiger partial charge in [-0.2, -0.15) is 0 Å². The Hall–Kier alpha value is 0.0106. The van der Waals surface area contributed by atoms with E-state index in [1.165, 1.54) is 41.7 Å². The average molecular weight is 371 g/mol. The summed E-state index contributed by atoms with van der Waals surface area (Å²) in [5.74, 6) is -0.381. The zero-order chi connectivity index (χ0) is 16.9. The molecule has 0 N–H and O–H groups in total. The van der Waals surface area contributed by atoms with Gasteiger partial charge in [0.2, 0.25) is 8.32 Å². The fourth-order valence-corrected chi connectivity index (χ4v) is 11.8. The minimum atomic E-state index is -1.90. The average Bonchev–Trinajstić information content (AvgIpc) is 2.53. The maximum absolute atomic E-state index is 6.65. The molecule has 23 heavy (non-hydrogen) atoms. The summed E-state index contributed by atoms with van der Waals surface area (Å²) in [7, 11) is -3.62. The second kappa shape index (κ2) is 8.40. The Balaban J connectivity index is 1.95. The van der Waals surface area contributed by atoms with Gasteiger partial charge in [0, 0.05) is 6.61 Å². The summed E-state index contributed by atoms with van der Waals surface area (Å²) in [6.45, 7) is 14.2. The van der Waals surface area contributed by atoms with Crippen LogP contribution in [0.3, 0.4) is 0 Å². The third-order valence-corrected chi connectivity index (χ3v) is 13.9. The van der Waals surface area contributed by atoms with E-state index in [9.17, 15) is 0 Å². The van der Waals surface area contributed by atoms with Crippen LogP contribution in [-0.2, 0) is 13.3 Å². The zero-order valence-corrected chi connectivity index (χ0v) is 19.0. The van der Waals surface area contributed by atoms with Crippen molar-refractivity contribution in [3.05, 3.63) is 23.0 Å². The first kappa shape index (κ1) is 19.3. The number of hydrogen-bond donors (Lipinski definition) is 0. The minimum Gasteiger partial charge on any atom is -0.420 e. The quantitative estimate of drug-likeness (QED) is 0.667. The highest BCUT2D eigenvalue weighted by atomic mass is 28.4. The summed E-state index contributed by atoms with van der Waals surface area (Å²) in [5, 5.41) is 2.76. The van der Waals surface area contributed by atoms with E-state index in [0.717, 1.165) is 19.1 Å². The molecule has 0 aliphatic carbocycles. The van der Waals surface area contributed by atoms with E-state index in [4.69, 9.17) is 13.3 Å². The van der Waals surface area contributed by atoms with E-state index in [2.05, 4.69) is 40.0 Å². The molecule has 0 bridgehead atoms. The lowest BCUT2D eigenvalue weighted by Crippen LogP contribution is -2.52. The van der Waals surface area contributed by atoms with Gasteiger partial charge in [-0.3, -0.25) is 0 Å². The van der Waals surface area contributed by atoms with Crippen molar-refractivity contribution in [1.29, 1.82) is 0 Å². The van der Waals surface area contributed by atoms with Gasteiger partial charge in [-0.15, -0.1) is 6.58 Å². The maximum Gasteiger partial charge on any atom is 0.220 e. The molecule has 3 unspecified atom stereocenters. The molecular formula is C17H34O3Si3. The Morgan fingerprint density at radius 3 is 2.87 bits per heavy atom. The molecule has 2 fully saturated rings. The molecule has 3 atom stereocenters. The van der Waals surface area contributed by atoms with Crippen molar-refractivity contribution in [2.75, 3.05) is 6.61 Å². The molecular weight excluding hydrogens is 336 g/mol. The van der Waals surface area contributed by atoms with Gasteiger partial charge in [0.25, 0.3) is 0 Å². The third-order valence-electron chi connectivity index (χ3n) is 5.32. The van der Waals surface area contributed by atoms with Crippen LogP contribution in [0.2, 0.25) is 24.7 Å². The molecule has 3 nitrogen and oxygen atoms in total. The number of rotatable bonds is 6. The predicted molar refractivity (Wildman–Crippen MR) is 105 cm³/mol. The van der Waals surface area contributed by atoms with Crippen LogP contribution in [0, 0.1) is 0 Å². The largest absolute Gasteiger partial charge is 0.420 e. The lowest BCUT2D eigenvalue weighted by atomic mass is 10.2. The molecule has 0 aromatic carbocycles. The molecule has 0 aromatic heterocycles. The van der Waals surface area contributed by atoms with Gasteiger partial charge in [-0.25, -0.2) is 0 Å². The molecule has 0 aromatic rings. The van der Waals surface area contributed by atoms with E-state index < -0.39 is 27.1 Å². The molecule has 0 spiro atoms. The molecule has 2 aliphatic heterocycles. The fraction of sp³-hybridized carbons (Fsp3) is 0.765. The number of hydrogen-bond acceptors (Lipinski definition) is 3. The van der Waals surface area contributed by atoms with Crippen LogP contribution in [0.1, 0.15) is 46.5 Å². The second-order valence-corrected chi connectivity index (χ2v) is 15.7.